The highest BCUT2D eigenvalue weighted by molar-refractivity contribution is 14.1. The standard InChI is InChI=1S/C30H31IN2O2Si/c1-36(18-4-13-31)27-19-21(32-14-5-15-32)9-11-25(27)29(23-7-2-3-8-24(23)30(34)35)26-12-10-22(20-28(26)36)33-16-6-17-33/h2-3,7-12,19-20H,4-6,13-18H2,1H3. The topological polar surface area (TPSA) is 46.4 Å². The van der Waals surface area contributed by atoms with Gasteiger partial charge in [-0.05, 0) is 74.2 Å². The number of hydrogen-bond acceptors (Lipinski definition) is 3. The van der Waals surface area contributed by atoms with Crippen molar-refractivity contribution in [2.24, 2.45) is 0 Å². The quantitative estimate of drug-likeness (QED) is 0.216. The highest BCUT2D eigenvalue weighted by Crippen LogP contribution is 2.44. The van der Waals surface area contributed by atoms with Crippen LogP contribution in [-0.4, -0.2) is 54.9 Å². The largest absolute Gasteiger partial charge is 0.545 e. The number of benzene rings is 2. The molecule has 2 aromatic carbocycles. The molecular formula is C30H31IN2O2Si. The van der Waals surface area contributed by atoms with Gasteiger partial charge in [-0.2, -0.15) is 0 Å². The molecule has 1 atom stereocenters. The summed E-state index contributed by atoms with van der Waals surface area (Å²) in [6.07, 6.45) is 10.7. The van der Waals surface area contributed by atoms with Gasteiger partial charge >= 0.3 is 0 Å². The summed E-state index contributed by atoms with van der Waals surface area (Å²) in [6, 6.07) is 15.5. The highest BCUT2D eigenvalue weighted by Gasteiger charge is 2.44. The van der Waals surface area contributed by atoms with Gasteiger partial charge in [0.25, 0.3) is 0 Å². The fraction of sp³-hybridized carbons (Fsp3) is 0.333. The van der Waals surface area contributed by atoms with Crippen LogP contribution in [0.5, 0.6) is 0 Å². The summed E-state index contributed by atoms with van der Waals surface area (Å²) in [4.78, 5) is 14.7. The molecular weight excluding hydrogens is 575 g/mol. The zero-order valence-corrected chi connectivity index (χ0v) is 23.9. The van der Waals surface area contributed by atoms with Crippen LogP contribution in [0.4, 0.5) is 5.69 Å². The average Bonchev–Trinajstić information content (AvgIpc) is 2.82. The minimum atomic E-state index is -2.09. The predicted octanol–water partition coefficient (Wildman–Crippen LogP) is 4.08. The molecule has 0 bridgehead atoms. The van der Waals surface area contributed by atoms with Gasteiger partial charge in [0, 0.05) is 36.5 Å². The Labute approximate surface area is 227 Å². The maximum Gasteiger partial charge on any atom is 0.199 e. The fourth-order valence-corrected chi connectivity index (χ4v) is 11.5. The van der Waals surface area contributed by atoms with Gasteiger partial charge in [-0.3, -0.25) is 0 Å². The number of halogens is 1. The summed E-state index contributed by atoms with van der Waals surface area (Å²) < 4.78 is 3.61. The van der Waals surface area contributed by atoms with Crippen molar-refractivity contribution in [2.75, 3.05) is 35.5 Å². The first-order chi connectivity index (χ1) is 17.5. The predicted molar refractivity (Wildman–Crippen MR) is 156 cm³/mol. The van der Waals surface area contributed by atoms with Crippen molar-refractivity contribution in [1.82, 2.24) is 0 Å². The molecule has 0 radical (unpaired) electrons. The van der Waals surface area contributed by atoms with Crippen molar-refractivity contribution in [3.8, 4) is 0 Å². The fourth-order valence-electron chi connectivity index (χ4n) is 6.10. The lowest BCUT2D eigenvalue weighted by Gasteiger charge is -2.42. The molecule has 0 spiro atoms. The summed E-state index contributed by atoms with van der Waals surface area (Å²) in [5.41, 5.74) is 7.11. The van der Waals surface area contributed by atoms with Crippen LogP contribution in [0.1, 0.15) is 40.7 Å². The Balaban J connectivity index is 1.65. The first kappa shape index (κ1) is 23.9. The van der Waals surface area contributed by atoms with E-state index in [0.29, 0.717) is 0 Å². The van der Waals surface area contributed by atoms with Crippen LogP contribution >= 0.6 is 22.6 Å². The van der Waals surface area contributed by atoms with Crippen LogP contribution in [0.3, 0.4) is 0 Å². The molecule has 3 aliphatic heterocycles. The molecule has 3 heterocycles. The normalized spacial score (nSPS) is 22.5. The van der Waals surface area contributed by atoms with Gasteiger partial charge in [-0.25, -0.2) is 4.58 Å². The molecule has 2 saturated heterocycles. The number of nitrogens with zero attached hydrogens (tertiary/aromatic N) is 2. The minimum Gasteiger partial charge on any atom is -0.545 e. The zero-order chi connectivity index (χ0) is 24.9. The molecule has 4 aliphatic rings. The number of carbonyl (C=O) groups excluding carboxylic acids is 1. The summed E-state index contributed by atoms with van der Waals surface area (Å²) >= 11 is 2.51. The Morgan fingerprint density at radius 2 is 1.89 bits per heavy atom. The van der Waals surface area contributed by atoms with Crippen LogP contribution in [0.25, 0.3) is 5.57 Å². The third kappa shape index (κ3) is 3.84. The van der Waals surface area contributed by atoms with Gasteiger partial charge in [-0.15, -0.1) is 0 Å². The monoisotopic (exact) mass is 606 g/mol. The second-order valence-electron chi connectivity index (χ2n) is 10.5. The third-order valence-electron chi connectivity index (χ3n) is 8.40. The number of anilines is 1. The van der Waals surface area contributed by atoms with E-state index in [1.807, 2.05) is 12.1 Å². The number of alkyl halides is 1. The molecule has 0 N–H and O–H groups in total. The summed E-state index contributed by atoms with van der Waals surface area (Å²) in [5.74, 6) is -1.12. The van der Waals surface area contributed by atoms with Crippen LogP contribution in [0.15, 0.2) is 71.5 Å². The number of rotatable bonds is 6. The number of carbonyl (C=O) groups is 1. The summed E-state index contributed by atoms with van der Waals surface area (Å²) in [6.45, 7) is 7.00. The maximum atomic E-state index is 12.2. The van der Waals surface area contributed by atoms with Crippen LogP contribution < -0.4 is 15.2 Å². The van der Waals surface area contributed by atoms with E-state index in [9.17, 15) is 9.90 Å². The minimum absolute atomic E-state index is 0.264. The molecule has 0 saturated carbocycles. The first-order valence-corrected chi connectivity index (χ1v) is 17.3. The Hall–Kier alpha value is -2.45. The smallest absolute Gasteiger partial charge is 0.199 e. The lowest BCUT2D eigenvalue weighted by molar-refractivity contribution is -0.582. The summed E-state index contributed by atoms with van der Waals surface area (Å²) in [7, 11) is -2.09. The van der Waals surface area contributed by atoms with Crippen molar-refractivity contribution in [2.45, 2.75) is 31.9 Å². The number of fused-ring (bicyclic) bond motifs is 2. The van der Waals surface area contributed by atoms with Crippen LogP contribution in [-0.2, 0) is 0 Å². The average molecular weight is 607 g/mol. The Kier molecular flexibility index (Phi) is 6.28. The van der Waals surface area contributed by atoms with E-state index >= 15 is 0 Å². The molecule has 1 aliphatic carbocycles. The second-order valence-corrected chi connectivity index (χ2v) is 15.8. The Morgan fingerprint density at radius 3 is 2.56 bits per heavy atom. The van der Waals surface area contributed by atoms with Gasteiger partial charge < -0.3 is 14.8 Å². The molecule has 184 valence electrons. The van der Waals surface area contributed by atoms with Crippen molar-refractivity contribution in [3.63, 3.8) is 0 Å². The van der Waals surface area contributed by atoms with E-state index in [1.165, 1.54) is 58.2 Å². The molecule has 0 amide bonds. The maximum absolute atomic E-state index is 12.2. The number of carboxylic acids is 1. The summed E-state index contributed by atoms with van der Waals surface area (Å²) in [5, 5.41) is 15.1. The third-order valence-corrected chi connectivity index (χ3v) is 13.7. The van der Waals surface area contributed by atoms with Crippen LogP contribution in [0.2, 0.25) is 12.6 Å². The molecule has 0 unspecified atom stereocenters. The number of hydrogen-bond donors (Lipinski definition) is 0. The number of carboxylic acid groups (broad SMARTS) is 1. The van der Waals surface area contributed by atoms with Gasteiger partial charge in [0.05, 0.1) is 12.4 Å². The molecule has 6 rings (SSSR count). The van der Waals surface area contributed by atoms with E-state index in [-0.39, 0.29) is 5.56 Å². The van der Waals surface area contributed by atoms with Gasteiger partial charge in [0.15, 0.2) is 5.71 Å². The molecule has 2 aromatic rings. The Bertz CT molecular complexity index is 1380. The van der Waals surface area contributed by atoms with Crippen molar-refractivity contribution >= 4 is 58.8 Å². The Morgan fingerprint density at radius 1 is 1.08 bits per heavy atom. The highest BCUT2D eigenvalue weighted by atomic mass is 127. The molecule has 36 heavy (non-hydrogen) atoms. The van der Waals surface area contributed by atoms with E-state index in [0.717, 1.165) is 41.7 Å². The first-order valence-electron chi connectivity index (χ1n) is 13.0. The van der Waals surface area contributed by atoms with Gasteiger partial charge in [-0.1, -0.05) is 59.5 Å². The number of aromatic carboxylic acids is 1. The van der Waals surface area contributed by atoms with E-state index < -0.39 is 14.0 Å². The molecule has 4 nitrogen and oxygen atoms in total. The van der Waals surface area contributed by atoms with Crippen molar-refractivity contribution in [1.29, 1.82) is 0 Å². The molecule has 6 heteroatoms. The van der Waals surface area contributed by atoms with Crippen LogP contribution in [0, 0.1) is 0 Å². The van der Waals surface area contributed by atoms with E-state index in [1.54, 1.807) is 12.1 Å². The van der Waals surface area contributed by atoms with Gasteiger partial charge in [0.2, 0.25) is 0 Å². The number of allylic oxidation sites excluding steroid dienone is 5. The van der Waals surface area contributed by atoms with Crippen molar-refractivity contribution in [3.05, 3.63) is 88.2 Å². The lowest BCUT2D eigenvalue weighted by atomic mass is 9.87. The SMILES string of the molecule is C[Si@@]1(CCCI)C2=CC(=[N+]3CCC3)C=CC2=C(c2ccccc2C(=O)[O-])c2ccc(N3CCC3)cc21. The second kappa shape index (κ2) is 9.45. The lowest BCUT2D eigenvalue weighted by Crippen LogP contribution is -2.53. The van der Waals surface area contributed by atoms with Gasteiger partial charge in [0.1, 0.15) is 21.2 Å². The molecule has 0 aromatic heterocycles. The van der Waals surface area contributed by atoms with E-state index in [4.69, 9.17) is 0 Å². The van der Waals surface area contributed by atoms with Crippen molar-refractivity contribution < 1.29 is 14.5 Å². The van der Waals surface area contributed by atoms with E-state index in [2.05, 4.69) is 75.0 Å². The zero-order valence-electron chi connectivity index (χ0n) is 20.7. The molecule has 2 fully saturated rings.